The highest BCUT2D eigenvalue weighted by Gasteiger charge is 2.24. The molecule has 0 aromatic heterocycles. The van der Waals surface area contributed by atoms with Gasteiger partial charge in [-0.1, -0.05) is 12.1 Å². The quantitative estimate of drug-likeness (QED) is 0.446. The molecule has 8 nitrogen and oxygen atoms in total. The zero-order chi connectivity index (χ0) is 16.0. The highest BCUT2D eigenvalue weighted by molar-refractivity contribution is 5.89. The fourth-order valence-corrected chi connectivity index (χ4v) is 1.63. The zero-order valence-corrected chi connectivity index (χ0v) is 11.0. The highest BCUT2D eigenvalue weighted by atomic mass is 16.4. The second kappa shape index (κ2) is 7.25. The van der Waals surface area contributed by atoms with Crippen molar-refractivity contribution in [3.05, 3.63) is 29.8 Å². The molecule has 0 fully saturated rings. The molecule has 0 spiro atoms. The summed E-state index contributed by atoms with van der Waals surface area (Å²) in [4.78, 5) is 33.2. The van der Waals surface area contributed by atoms with E-state index in [2.05, 4.69) is 5.32 Å². The molecule has 0 aliphatic rings. The van der Waals surface area contributed by atoms with Crippen molar-refractivity contribution >= 4 is 17.8 Å². The number of amides is 1. The Hall–Kier alpha value is -2.61. The van der Waals surface area contributed by atoms with Gasteiger partial charge in [-0.05, 0) is 17.7 Å². The van der Waals surface area contributed by atoms with Crippen molar-refractivity contribution in [3.63, 3.8) is 0 Å². The number of carboxylic acids is 2. The number of benzene rings is 1. The maximum absolute atomic E-state index is 11.6. The number of nitrogens with two attached hydrogens (primary N) is 1. The van der Waals surface area contributed by atoms with E-state index in [4.69, 9.17) is 21.1 Å². The summed E-state index contributed by atoms with van der Waals surface area (Å²) in [6.45, 7) is 0. The van der Waals surface area contributed by atoms with Crippen molar-refractivity contribution in [2.45, 2.75) is 24.9 Å². The van der Waals surface area contributed by atoms with Gasteiger partial charge in [0.2, 0.25) is 5.91 Å². The third-order valence-corrected chi connectivity index (χ3v) is 2.72. The van der Waals surface area contributed by atoms with Crippen LogP contribution in [0.1, 0.15) is 12.0 Å². The minimum absolute atomic E-state index is 0.0128. The lowest BCUT2D eigenvalue weighted by Gasteiger charge is -2.17. The molecule has 1 rings (SSSR count). The highest BCUT2D eigenvalue weighted by Crippen LogP contribution is 2.11. The Bertz CT molecular complexity index is 528. The van der Waals surface area contributed by atoms with Crippen molar-refractivity contribution in [2.75, 3.05) is 0 Å². The summed E-state index contributed by atoms with van der Waals surface area (Å²) >= 11 is 0. The first-order chi connectivity index (χ1) is 9.79. The first-order valence-corrected chi connectivity index (χ1v) is 6.08. The minimum atomic E-state index is -1.32. The molecule has 0 unspecified atom stereocenters. The van der Waals surface area contributed by atoms with E-state index in [9.17, 15) is 14.4 Å². The maximum Gasteiger partial charge on any atom is 0.326 e. The lowest BCUT2D eigenvalue weighted by atomic mass is 10.1. The van der Waals surface area contributed by atoms with E-state index in [1.807, 2.05) is 0 Å². The molecule has 0 radical (unpaired) electrons. The van der Waals surface area contributed by atoms with Crippen LogP contribution in [0.25, 0.3) is 0 Å². The van der Waals surface area contributed by atoms with Crippen LogP contribution in [0.2, 0.25) is 0 Å². The molecule has 0 aliphatic heterocycles. The molecule has 2 atom stereocenters. The van der Waals surface area contributed by atoms with Crippen molar-refractivity contribution in [3.8, 4) is 5.75 Å². The average molecular weight is 296 g/mol. The second-order valence-electron chi connectivity index (χ2n) is 4.47. The smallest absolute Gasteiger partial charge is 0.326 e. The van der Waals surface area contributed by atoms with Crippen molar-refractivity contribution in [1.29, 1.82) is 0 Å². The predicted molar refractivity (Wildman–Crippen MR) is 71.6 cm³/mol. The molecule has 0 aliphatic carbocycles. The standard InChI is InChI=1S/C13H16N2O6/c14-9(6-11(17)18)12(19)15-10(13(20)21)5-7-1-3-8(16)4-2-7/h1-4,9-10,16H,5-6,14H2,(H,15,19)(H,17,18)(H,20,21)/t9-,10-/m0/s1. The number of hydrogen-bond acceptors (Lipinski definition) is 5. The van der Waals surface area contributed by atoms with E-state index in [-0.39, 0.29) is 12.2 Å². The molecule has 1 aromatic carbocycles. The van der Waals surface area contributed by atoms with Gasteiger partial charge >= 0.3 is 11.9 Å². The Morgan fingerprint density at radius 1 is 1.14 bits per heavy atom. The van der Waals surface area contributed by atoms with Gasteiger partial charge in [0.15, 0.2) is 0 Å². The number of nitrogens with one attached hydrogen (secondary N) is 1. The normalized spacial score (nSPS) is 13.2. The molecule has 0 saturated heterocycles. The Labute approximate surface area is 120 Å². The van der Waals surface area contributed by atoms with Crippen LogP contribution in [0.4, 0.5) is 0 Å². The minimum Gasteiger partial charge on any atom is -0.508 e. The first-order valence-electron chi connectivity index (χ1n) is 6.08. The third-order valence-electron chi connectivity index (χ3n) is 2.72. The van der Waals surface area contributed by atoms with Crippen molar-refractivity contribution in [1.82, 2.24) is 5.32 Å². The monoisotopic (exact) mass is 296 g/mol. The van der Waals surface area contributed by atoms with Gasteiger partial charge in [0, 0.05) is 6.42 Å². The molecule has 114 valence electrons. The second-order valence-corrected chi connectivity index (χ2v) is 4.47. The van der Waals surface area contributed by atoms with Gasteiger partial charge in [-0.25, -0.2) is 4.79 Å². The Morgan fingerprint density at radius 3 is 2.19 bits per heavy atom. The average Bonchev–Trinajstić information content (AvgIpc) is 2.39. The first kappa shape index (κ1) is 16.4. The Balaban J connectivity index is 2.69. The van der Waals surface area contributed by atoms with Gasteiger partial charge in [-0.2, -0.15) is 0 Å². The number of phenolic OH excluding ortho intramolecular Hbond substituents is 1. The van der Waals surface area contributed by atoms with Gasteiger partial charge in [-0.15, -0.1) is 0 Å². The largest absolute Gasteiger partial charge is 0.508 e. The Kier molecular flexibility index (Phi) is 5.67. The van der Waals surface area contributed by atoms with Crippen LogP contribution in [0.15, 0.2) is 24.3 Å². The molecule has 6 N–H and O–H groups in total. The van der Waals surface area contributed by atoms with Gasteiger partial charge in [-0.3, -0.25) is 9.59 Å². The molecule has 0 heterocycles. The third kappa shape index (κ3) is 5.49. The molecule has 0 bridgehead atoms. The number of carbonyl (C=O) groups is 3. The van der Waals surface area contributed by atoms with Gasteiger partial charge in [0.1, 0.15) is 11.8 Å². The number of carbonyl (C=O) groups excluding carboxylic acids is 1. The van der Waals surface area contributed by atoms with Gasteiger partial charge < -0.3 is 26.4 Å². The fourth-order valence-electron chi connectivity index (χ4n) is 1.63. The van der Waals surface area contributed by atoms with E-state index in [0.717, 1.165) is 0 Å². The van der Waals surface area contributed by atoms with Crippen LogP contribution in [0, 0.1) is 0 Å². The maximum atomic E-state index is 11.6. The number of aliphatic carboxylic acids is 2. The molecule has 1 amide bonds. The molecular weight excluding hydrogens is 280 g/mol. The zero-order valence-electron chi connectivity index (χ0n) is 11.0. The summed E-state index contributed by atoms with van der Waals surface area (Å²) in [6.07, 6.45) is -0.599. The number of phenols is 1. The topological polar surface area (TPSA) is 150 Å². The van der Waals surface area contributed by atoms with E-state index in [0.29, 0.717) is 5.56 Å². The molecular formula is C13H16N2O6. The Morgan fingerprint density at radius 2 is 1.71 bits per heavy atom. The van der Waals surface area contributed by atoms with Crippen molar-refractivity contribution < 1.29 is 29.7 Å². The van der Waals surface area contributed by atoms with Crippen LogP contribution >= 0.6 is 0 Å². The molecule has 8 heteroatoms. The van der Waals surface area contributed by atoms with Crippen LogP contribution in [-0.2, 0) is 20.8 Å². The van der Waals surface area contributed by atoms with Gasteiger partial charge in [0.05, 0.1) is 12.5 Å². The number of carboxylic acid groups (broad SMARTS) is 2. The summed E-state index contributed by atoms with van der Waals surface area (Å²) in [6, 6.07) is 3.29. The van der Waals surface area contributed by atoms with Crippen LogP contribution in [0.5, 0.6) is 5.75 Å². The number of aromatic hydroxyl groups is 1. The SMILES string of the molecule is N[C@@H](CC(=O)O)C(=O)N[C@@H](Cc1ccc(O)cc1)C(=O)O. The summed E-state index contributed by atoms with van der Waals surface area (Å²) in [5.74, 6) is -3.32. The summed E-state index contributed by atoms with van der Waals surface area (Å²) < 4.78 is 0. The number of hydrogen-bond donors (Lipinski definition) is 5. The summed E-state index contributed by atoms with van der Waals surface area (Å²) in [5.41, 5.74) is 5.95. The lowest BCUT2D eigenvalue weighted by Crippen LogP contribution is -2.49. The van der Waals surface area contributed by atoms with E-state index in [1.54, 1.807) is 0 Å². The van der Waals surface area contributed by atoms with Crippen LogP contribution < -0.4 is 11.1 Å². The van der Waals surface area contributed by atoms with E-state index >= 15 is 0 Å². The van der Waals surface area contributed by atoms with E-state index < -0.39 is 36.4 Å². The van der Waals surface area contributed by atoms with E-state index in [1.165, 1.54) is 24.3 Å². The molecule has 0 saturated carbocycles. The van der Waals surface area contributed by atoms with Crippen molar-refractivity contribution in [2.24, 2.45) is 5.73 Å². The summed E-state index contributed by atoms with van der Waals surface area (Å²) in [5, 5.41) is 29.0. The van der Waals surface area contributed by atoms with Crippen LogP contribution in [0.3, 0.4) is 0 Å². The van der Waals surface area contributed by atoms with Crippen LogP contribution in [-0.4, -0.2) is 45.2 Å². The summed E-state index contributed by atoms with van der Waals surface area (Å²) in [7, 11) is 0. The predicted octanol–water partition coefficient (Wildman–Crippen LogP) is -0.694. The van der Waals surface area contributed by atoms with Gasteiger partial charge in [0.25, 0.3) is 0 Å². The molecule has 21 heavy (non-hydrogen) atoms. The fraction of sp³-hybridized carbons (Fsp3) is 0.308. The lowest BCUT2D eigenvalue weighted by molar-refractivity contribution is -0.142. The number of rotatable bonds is 7. The molecule has 1 aromatic rings.